The second kappa shape index (κ2) is 20.2. The predicted molar refractivity (Wildman–Crippen MR) is 324 cm³/mol. The Hall–Kier alpha value is -11.7. The summed E-state index contributed by atoms with van der Waals surface area (Å²) in [4.78, 5) is 7.21. The number of halogens is 3. The molecule has 0 spiro atoms. The van der Waals surface area contributed by atoms with Crippen molar-refractivity contribution < 1.29 is 13.2 Å². The molecule has 0 aliphatic carbocycles. The van der Waals surface area contributed by atoms with Crippen molar-refractivity contribution >= 4 is 55.0 Å². The average molecular weight is 1070 g/mol. The van der Waals surface area contributed by atoms with Crippen LogP contribution in [0.2, 0.25) is 0 Å². The van der Waals surface area contributed by atoms with Gasteiger partial charge in [0, 0.05) is 32.7 Å². The molecule has 0 bridgehead atoms. The van der Waals surface area contributed by atoms with Crippen molar-refractivity contribution in [2.45, 2.75) is 13.1 Å². The Morgan fingerprint density at radius 1 is 0.386 bits per heavy atom. The zero-order chi connectivity index (χ0) is 57.1. The first-order valence-corrected chi connectivity index (χ1v) is 26.4. The highest BCUT2D eigenvalue weighted by Gasteiger charge is 2.32. The summed E-state index contributed by atoms with van der Waals surface area (Å²) in [7, 11) is 0. The van der Waals surface area contributed by atoms with E-state index in [2.05, 4.69) is 61.3 Å². The van der Waals surface area contributed by atoms with Crippen LogP contribution in [0.5, 0.6) is 0 Å². The molecule has 10 heteroatoms. The lowest BCUT2D eigenvalue weighted by Gasteiger charge is -2.23. The van der Waals surface area contributed by atoms with Gasteiger partial charge in [0.15, 0.2) is 11.4 Å². The first-order valence-electron chi connectivity index (χ1n) is 26.4. The highest BCUT2D eigenvalue weighted by molar-refractivity contribution is 6.15. The second-order valence-corrected chi connectivity index (χ2v) is 20.4. The van der Waals surface area contributed by atoms with E-state index in [1.807, 2.05) is 127 Å². The van der Waals surface area contributed by atoms with Crippen LogP contribution in [0.25, 0.3) is 131 Å². The molecule has 11 aromatic carbocycles. The number of aryl methyl sites for hydroxylation is 1. The van der Waals surface area contributed by atoms with E-state index in [0.717, 1.165) is 94.2 Å². The first-order chi connectivity index (χ1) is 40.4. The van der Waals surface area contributed by atoms with Gasteiger partial charge in [-0.1, -0.05) is 121 Å². The normalized spacial score (nSPS) is 11.3. The monoisotopic (exact) mass is 1070 g/mol. The molecule has 13 rings (SSSR count). The van der Waals surface area contributed by atoms with E-state index < -0.39 is 11.7 Å². The van der Waals surface area contributed by atoms with Crippen molar-refractivity contribution in [1.29, 1.82) is 15.8 Å². The number of rotatable bonds is 8. The molecule has 0 amide bonds. The molecule has 0 N–H and O–H groups in total. The van der Waals surface area contributed by atoms with Crippen LogP contribution < -0.4 is 0 Å². The summed E-state index contributed by atoms with van der Waals surface area (Å²) in [6.45, 7) is 16.8. The third-order valence-corrected chi connectivity index (χ3v) is 15.5. The smallest absolute Gasteiger partial charge is 0.309 e. The molecule has 83 heavy (non-hydrogen) atoms. The van der Waals surface area contributed by atoms with Gasteiger partial charge >= 0.3 is 6.18 Å². The molecule has 0 unspecified atom stereocenters. The summed E-state index contributed by atoms with van der Waals surface area (Å²) in [5.74, 6) is 0. The molecular formula is C73H40F3N7. The summed E-state index contributed by atoms with van der Waals surface area (Å²) in [5.41, 5.74) is 15.4. The number of nitriles is 3. The fraction of sp³-hybridized carbons (Fsp3) is 0.0274. The molecule has 388 valence electrons. The summed E-state index contributed by atoms with van der Waals surface area (Å²) >= 11 is 0. The van der Waals surface area contributed by atoms with Gasteiger partial charge in [-0.2, -0.15) is 29.0 Å². The van der Waals surface area contributed by atoms with E-state index in [1.54, 1.807) is 67.6 Å². The van der Waals surface area contributed by atoms with Gasteiger partial charge in [0.05, 0.1) is 87.0 Å². The molecule has 0 aliphatic heterocycles. The number of hydrogen-bond acceptors (Lipinski definition) is 3. The van der Waals surface area contributed by atoms with Crippen LogP contribution in [0.15, 0.2) is 224 Å². The van der Waals surface area contributed by atoms with Crippen LogP contribution in [0.1, 0.15) is 27.8 Å². The lowest BCUT2D eigenvalue weighted by Crippen LogP contribution is -2.07. The van der Waals surface area contributed by atoms with Gasteiger partial charge in [-0.15, -0.1) is 0 Å². The number of aromatic nitrogens is 2. The zero-order valence-electron chi connectivity index (χ0n) is 44.1. The van der Waals surface area contributed by atoms with E-state index in [4.69, 9.17) is 13.1 Å². The van der Waals surface area contributed by atoms with Crippen LogP contribution in [-0.4, -0.2) is 9.13 Å². The summed E-state index contributed by atoms with van der Waals surface area (Å²) < 4.78 is 49.4. The highest BCUT2D eigenvalue weighted by atomic mass is 19.4. The third-order valence-electron chi connectivity index (χ3n) is 15.5. The summed E-state index contributed by atoms with van der Waals surface area (Å²) in [5, 5.41) is 34.3. The van der Waals surface area contributed by atoms with Crippen molar-refractivity contribution in [1.82, 2.24) is 9.13 Å². The molecule has 7 nitrogen and oxygen atoms in total. The molecule has 2 heterocycles. The lowest BCUT2D eigenvalue weighted by molar-refractivity contribution is -0.137. The van der Waals surface area contributed by atoms with Gasteiger partial charge in [0.1, 0.15) is 0 Å². The Morgan fingerprint density at radius 3 is 1.13 bits per heavy atom. The molecule has 0 saturated carbocycles. The van der Waals surface area contributed by atoms with E-state index in [-0.39, 0.29) is 5.56 Å². The maximum atomic E-state index is 15.0. The third kappa shape index (κ3) is 8.86. The maximum Gasteiger partial charge on any atom is 0.416 e. The van der Waals surface area contributed by atoms with Gasteiger partial charge < -0.3 is 9.13 Å². The molecular weight excluding hydrogens is 1030 g/mol. The SMILES string of the molecule is [C-]#[N+]c1ccc(-c2ccc3c(c2)c2cc(-c4ccc(C#N)cc4)ccc2n3-c2cccc(C#N)c2-c2c(-c3cc(C)cc(C(F)(F)F)c3)cccc2-n2c3ccc(-c4ccc(C#N)cc4)cc3c3cc(-c4ccc([N+]#[C-])cc4)ccc32)cc1. The van der Waals surface area contributed by atoms with Crippen LogP contribution in [0.4, 0.5) is 24.5 Å². The Morgan fingerprint density at radius 2 is 0.759 bits per heavy atom. The van der Waals surface area contributed by atoms with Crippen molar-refractivity contribution in [3.05, 3.63) is 275 Å². The first kappa shape index (κ1) is 50.7. The maximum absolute atomic E-state index is 15.0. The van der Waals surface area contributed by atoms with Crippen LogP contribution in [-0.2, 0) is 6.18 Å². The highest BCUT2D eigenvalue weighted by Crippen LogP contribution is 2.48. The Kier molecular flexibility index (Phi) is 12.3. The quantitative estimate of drug-likeness (QED) is 0.142. The largest absolute Gasteiger partial charge is 0.416 e. The molecule has 0 saturated heterocycles. The van der Waals surface area contributed by atoms with Crippen LogP contribution in [0, 0.1) is 54.1 Å². The van der Waals surface area contributed by atoms with Gasteiger partial charge in [0.2, 0.25) is 0 Å². The average Bonchev–Trinajstić information content (AvgIpc) is 3.19. The van der Waals surface area contributed by atoms with E-state index in [0.29, 0.717) is 61.7 Å². The van der Waals surface area contributed by atoms with Crippen LogP contribution >= 0.6 is 0 Å². The van der Waals surface area contributed by atoms with Crippen molar-refractivity contribution in [2.24, 2.45) is 0 Å². The van der Waals surface area contributed by atoms with E-state index in [9.17, 15) is 15.8 Å². The lowest BCUT2D eigenvalue weighted by atomic mass is 9.88. The number of hydrogen-bond donors (Lipinski definition) is 0. The molecule has 13 aromatic rings. The number of nitrogens with zero attached hydrogens (tertiary/aromatic N) is 7. The van der Waals surface area contributed by atoms with Crippen molar-refractivity contribution in [3.63, 3.8) is 0 Å². The fourth-order valence-electron chi connectivity index (χ4n) is 11.6. The molecule has 0 atom stereocenters. The minimum Gasteiger partial charge on any atom is -0.309 e. The van der Waals surface area contributed by atoms with Crippen molar-refractivity contribution in [2.75, 3.05) is 0 Å². The standard InChI is InChI=1S/C73H40F3N7/c1-44-34-56(36-57(35-44)73(74,75)76)60-7-5-9-70(83-67-32-23-52(48-16-12-46(42-78)13-17-48)38-63(67)64-40-54(25-33-68(64)83)50-20-28-59(81-3)29-21-50)72(60)71-55(43-79)6-4-8-69(71)82-65-30-22-51(47-14-10-45(41-77)11-15-47)37-61(65)62-39-53(24-31-66(62)82)49-18-26-58(80-2)27-19-49/h4-40H,1H3. The second-order valence-electron chi connectivity index (χ2n) is 20.4. The number of benzene rings is 11. The molecule has 0 radical (unpaired) electrons. The predicted octanol–water partition coefficient (Wildman–Crippen LogP) is 19.9. The van der Waals surface area contributed by atoms with Gasteiger partial charge in [-0.05, 0) is 171 Å². The van der Waals surface area contributed by atoms with Gasteiger partial charge in [-0.3, -0.25) is 0 Å². The fourth-order valence-corrected chi connectivity index (χ4v) is 11.6. The molecule has 0 fully saturated rings. The minimum absolute atomic E-state index is 0.287. The van der Waals surface area contributed by atoms with E-state index in [1.165, 1.54) is 6.07 Å². The Bertz CT molecular complexity index is 4820. The molecule has 0 aliphatic rings. The van der Waals surface area contributed by atoms with Crippen LogP contribution in [0.3, 0.4) is 0 Å². The van der Waals surface area contributed by atoms with E-state index >= 15 is 13.2 Å². The number of fused-ring (bicyclic) bond motifs is 6. The Labute approximate surface area is 475 Å². The summed E-state index contributed by atoms with van der Waals surface area (Å²) in [6.07, 6.45) is -4.67. The topological polar surface area (TPSA) is 90.0 Å². The summed E-state index contributed by atoms with van der Waals surface area (Å²) in [6, 6.07) is 76.7. The van der Waals surface area contributed by atoms with Crippen molar-refractivity contribution in [3.8, 4) is 96.3 Å². The Balaban J connectivity index is 1.14. The number of alkyl halides is 3. The molecule has 2 aromatic heterocycles. The zero-order valence-corrected chi connectivity index (χ0v) is 44.1. The van der Waals surface area contributed by atoms with Gasteiger partial charge in [-0.25, -0.2) is 9.69 Å². The minimum atomic E-state index is -4.67. The van der Waals surface area contributed by atoms with Gasteiger partial charge in [0.25, 0.3) is 0 Å².